The Kier molecular flexibility index (Phi) is 3.72. The summed E-state index contributed by atoms with van der Waals surface area (Å²) in [5.74, 6) is 0. The van der Waals surface area contributed by atoms with Crippen molar-refractivity contribution >= 4 is 34.6 Å². The summed E-state index contributed by atoms with van der Waals surface area (Å²) in [5.41, 5.74) is 3.27. The minimum absolute atomic E-state index is 0.0521. The highest BCUT2D eigenvalue weighted by atomic mass is 35.5. The van der Waals surface area contributed by atoms with Crippen molar-refractivity contribution in [1.82, 2.24) is 10.6 Å². The van der Waals surface area contributed by atoms with Gasteiger partial charge in [-0.3, -0.25) is 0 Å². The van der Waals surface area contributed by atoms with Crippen LogP contribution in [0.3, 0.4) is 0 Å². The summed E-state index contributed by atoms with van der Waals surface area (Å²) in [5, 5.41) is 7.82. The molecular weight excluding hydrogens is 288 g/mol. The molecule has 1 heterocycles. The zero-order valence-corrected chi connectivity index (χ0v) is 12.2. The molecule has 0 saturated carbocycles. The maximum absolute atomic E-state index is 5.93. The van der Waals surface area contributed by atoms with Crippen molar-refractivity contribution in [2.45, 2.75) is 6.04 Å². The van der Waals surface area contributed by atoms with E-state index in [0.717, 1.165) is 21.8 Å². The van der Waals surface area contributed by atoms with Crippen molar-refractivity contribution in [3.05, 3.63) is 76.8 Å². The zero-order valence-electron chi connectivity index (χ0n) is 10.6. The van der Waals surface area contributed by atoms with E-state index in [2.05, 4.69) is 28.8 Å². The van der Waals surface area contributed by atoms with E-state index in [1.165, 1.54) is 0 Å². The SMILES string of the molecule is S=C1NC(c2ccccc2)=C[C@H](c2ccc(Cl)cc2)N1. The summed E-state index contributed by atoms with van der Waals surface area (Å²) >= 11 is 11.2. The topological polar surface area (TPSA) is 24.1 Å². The summed E-state index contributed by atoms with van der Waals surface area (Å²) in [7, 11) is 0. The molecule has 0 saturated heterocycles. The fraction of sp³-hybridized carbons (Fsp3) is 0.0625. The van der Waals surface area contributed by atoms with Crippen LogP contribution < -0.4 is 10.6 Å². The molecule has 20 heavy (non-hydrogen) atoms. The minimum Gasteiger partial charge on any atom is -0.352 e. The Bertz CT molecular complexity index is 650. The van der Waals surface area contributed by atoms with Gasteiger partial charge < -0.3 is 10.6 Å². The van der Waals surface area contributed by atoms with Gasteiger partial charge in [0.15, 0.2) is 5.11 Å². The van der Waals surface area contributed by atoms with Gasteiger partial charge in [-0.25, -0.2) is 0 Å². The van der Waals surface area contributed by atoms with Gasteiger partial charge in [-0.05, 0) is 41.6 Å². The lowest BCUT2D eigenvalue weighted by Crippen LogP contribution is -2.40. The summed E-state index contributed by atoms with van der Waals surface area (Å²) in [6.07, 6.45) is 2.13. The Morgan fingerprint density at radius 1 is 0.950 bits per heavy atom. The first-order valence-electron chi connectivity index (χ1n) is 6.32. The van der Waals surface area contributed by atoms with Crippen LogP contribution in [0.15, 0.2) is 60.7 Å². The molecular formula is C16H13ClN2S. The third-order valence-electron chi connectivity index (χ3n) is 3.18. The first-order valence-corrected chi connectivity index (χ1v) is 7.11. The Balaban J connectivity index is 1.95. The number of benzene rings is 2. The maximum atomic E-state index is 5.93. The number of halogens is 1. The average molecular weight is 301 g/mol. The maximum Gasteiger partial charge on any atom is 0.171 e. The van der Waals surface area contributed by atoms with Crippen LogP contribution in [0.4, 0.5) is 0 Å². The van der Waals surface area contributed by atoms with E-state index in [0.29, 0.717) is 5.11 Å². The molecule has 2 aromatic rings. The van der Waals surface area contributed by atoms with Crippen molar-refractivity contribution in [1.29, 1.82) is 0 Å². The van der Waals surface area contributed by atoms with E-state index >= 15 is 0 Å². The highest BCUT2D eigenvalue weighted by Crippen LogP contribution is 2.24. The molecule has 0 aromatic heterocycles. The van der Waals surface area contributed by atoms with Gasteiger partial charge in [0.2, 0.25) is 0 Å². The number of rotatable bonds is 2. The van der Waals surface area contributed by atoms with Gasteiger partial charge in [0.25, 0.3) is 0 Å². The molecule has 3 rings (SSSR count). The standard InChI is InChI=1S/C16H13ClN2S/c17-13-8-6-12(7-9-13)15-10-14(18-16(20)19-15)11-4-2-1-3-5-11/h1-10,15H,(H2,18,19,20)/t15-/m1/s1. The molecule has 0 amide bonds. The highest BCUT2D eigenvalue weighted by Gasteiger charge is 2.18. The van der Waals surface area contributed by atoms with Crippen molar-refractivity contribution < 1.29 is 0 Å². The molecule has 4 heteroatoms. The lowest BCUT2D eigenvalue weighted by atomic mass is 10.0. The summed E-state index contributed by atoms with van der Waals surface area (Å²) in [6, 6.07) is 18.0. The fourth-order valence-electron chi connectivity index (χ4n) is 2.19. The van der Waals surface area contributed by atoms with Crippen LogP contribution >= 0.6 is 23.8 Å². The van der Waals surface area contributed by atoms with Gasteiger partial charge in [0.05, 0.1) is 6.04 Å². The molecule has 100 valence electrons. The Morgan fingerprint density at radius 3 is 2.35 bits per heavy atom. The smallest absolute Gasteiger partial charge is 0.171 e. The van der Waals surface area contributed by atoms with E-state index in [1.54, 1.807) is 0 Å². The summed E-state index contributed by atoms with van der Waals surface area (Å²) in [4.78, 5) is 0. The van der Waals surface area contributed by atoms with E-state index < -0.39 is 0 Å². The molecule has 1 aliphatic rings. The summed E-state index contributed by atoms with van der Waals surface area (Å²) in [6.45, 7) is 0. The van der Waals surface area contributed by atoms with E-state index in [-0.39, 0.29) is 6.04 Å². The van der Waals surface area contributed by atoms with Gasteiger partial charge in [0.1, 0.15) is 0 Å². The first-order chi connectivity index (χ1) is 9.72. The lowest BCUT2D eigenvalue weighted by Gasteiger charge is -2.26. The molecule has 1 atom stereocenters. The second-order valence-corrected chi connectivity index (χ2v) is 5.42. The predicted octanol–water partition coefficient (Wildman–Crippen LogP) is 3.90. The van der Waals surface area contributed by atoms with E-state index in [1.807, 2.05) is 42.5 Å². The second kappa shape index (κ2) is 5.65. The Morgan fingerprint density at radius 2 is 1.65 bits per heavy atom. The Hall–Kier alpha value is -1.84. The largest absolute Gasteiger partial charge is 0.352 e. The Labute approximate surface area is 128 Å². The quantitative estimate of drug-likeness (QED) is 0.823. The van der Waals surface area contributed by atoms with Gasteiger partial charge in [-0.1, -0.05) is 54.1 Å². The van der Waals surface area contributed by atoms with Gasteiger partial charge in [-0.15, -0.1) is 0 Å². The van der Waals surface area contributed by atoms with Crippen molar-refractivity contribution in [3.63, 3.8) is 0 Å². The van der Waals surface area contributed by atoms with E-state index in [9.17, 15) is 0 Å². The molecule has 2 N–H and O–H groups in total. The predicted molar refractivity (Wildman–Crippen MR) is 87.5 cm³/mol. The second-order valence-electron chi connectivity index (χ2n) is 4.57. The molecule has 2 aromatic carbocycles. The average Bonchev–Trinajstić information content (AvgIpc) is 2.48. The molecule has 0 unspecified atom stereocenters. The third kappa shape index (κ3) is 2.84. The minimum atomic E-state index is 0.0521. The molecule has 0 radical (unpaired) electrons. The van der Waals surface area contributed by atoms with Crippen LogP contribution in [0.1, 0.15) is 17.2 Å². The molecule has 2 nitrogen and oxygen atoms in total. The molecule has 0 aliphatic carbocycles. The van der Waals surface area contributed by atoms with Crippen LogP contribution in [0.25, 0.3) is 5.70 Å². The monoisotopic (exact) mass is 300 g/mol. The van der Waals surface area contributed by atoms with Crippen molar-refractivity contribution in [2.24, 2.45) is 0 Å². The van der Waals surface area contributed by atoms with E-state index in [4.69, 9.17) is 23.8 Å². The first kappa shape index (κ1) is 13.2. The van der Waals surface area contributed by atoms with Crippen molar-refractivity contribution in [2.75, 3.05) is 0 Å². The highest BCUT2D eigenvalue weighted by molar-refractivity contribution is 7.80. The van der Waals surface area contributed by atoms with Crippen LogP contribution in [-0.4, -0.2) is 5.11 Å². The molecule has 1 aliphatic heterocycles. The number of hydrogen-bond donors (Lipinski definition) is 2. The number of thiocarbonyl (C=S) groups is 1. The zero-order chi connectivity index (χ0) is 13.9. The third-order valence-corrected chi connectivity index (χ3v) is 3.65. The summed E-state index contributed by atoms with van der Waals surface area (Å²) < 4.78 is 0. The van der Waals surface area contributed by atoms with Gasteiger partial charge >= 0.3 is 0 Å². The number of hydrogen-bond acceptors (Lipinski definition) is 1. The number of nitrogens with one attached hydrogen (secondary N) is 2. The van der Waals surface area contributed by atoms with Gasteiger partial charge in [0, 0.05) is 10.7 Å². The van der Waals surface area contributed by atoms with Gasteiger partial charge in [-0.2, -0.15) is 0 Å². The van der Waals surface area contributed by atoms with Crippen molar-refractivity contribution in [3.8, 4) is 0 Å². The molecule has 0 spiro atoms. The fourth-order valence-corrected chi connectivity index (χ4v) is 2.55. The van der Waals surface area contributed by atoms with Crippen LogP contribution in [0.2, 0.25) is 5.02 Å². The van der Waals surface area contributed by atoms with Crippen LogP contribution in [0, 0.1) is 0 Å². The molecule has 0 bridgehead atoms. The van der Waals surface area contributed by atoms with Crippen LogP contribution in [-0.2, 0) is 0 Å². The van der Waals surface area contributed by atoms with Crippen LogP contribution in [0.5, 0.6) is 0 Å². The normalized spacial score (nSPS) is 17.9. The lowest BCUT2D eigenvalue weighted by molar-refractivity contribution is 0.765. The molecule has 0 fully saturated rings.